The summed E-state index contributed by atoms with van der Waals surface area (Å²) < 4.78 is 18.9. The second-order valence-corrected chi connectivity index (χ2v) is 11.2. The number of benzene rings is 2. The maximum Gasteiger partial charge on any atom is 0.320 e. The molecular weight excluding hydrogens is 582 g/mol. The van der Waals surface area contributed by atoms with E-state index in [1.807, 2.05) is 49.9 Å². The van der Waals surface area contributed by atoms with Gasteiger partial charge in [-0.05, 0) is 48.1 Å². The monoisotopic (exact) mass is 611 g/mol. The molecule has 2 heterocycles. The highest BCUT2D eigenvalue weighted by atomic mass is 79.9. The highest BCUT2D eigenvalue weighted by Crippen LogP contribution is 2.41. The van der Waals surface area contributed by atoms with Crippen molar-refractivity contribution >= 4 is 33.5 Å². The van der Waals surface area contributed by atoms with Gasteiger partial charge in [0.25, 0.3) is 0 Å². The number of halogens is 2. The number of rotatable bonds is 10. The Bertz CT molecular complexity index is 1390. The molecule has 7 nitrogen and oxygen atoms in total. The van der Waals surface area contributed by atoms with Crippen LogP contribution in [0.5, 0.6) is 11.5 Å². The number of carbonyl (C=O) groups is 1. The minimum Gasteiger partial charge on any atom is -0.488 e. The number of nitriles is 1. The molecule has 1 aromatic heterocycles. The summed E-state index contributed by atoms with van der Waals surface area (Å²) in [6.45, 7) is 8.37. The van der Waals surface area contributed by atoms with Crippen LogP contribution in [0.4, 0.5) is 0 Å². The Hall–Kier alpha value is -3.12. The van der Waals surface area contributed by atoms with E-state index < -0.39 is 0 Å². The van der Waals surface area contributed by atoms with Crippen molar-refractivity contribution in [2.75, 3.05) is 19.7 Å². The van der Waals surface area contributed by atoms with Gasteiger partial charge in [-0.3, -0.25) is 14.7 Å². The predicted octanol–water partition coefficient (Wildman–Crippen LogP) is 6.39. The Morgan fingerprint density at radius 3 is 2.74 bits per heavy atom. The summed E-state index contributed by atoms with van der Waals surface area (Å²) in [6.07, 6.45) is 3.83. The van der Waals surface area contributed by atoms with Crippen molar-refractivity contribution in [3.05, 3.63) is 85.6 Å². The molecule has 0 bridgehead atoms. The van der Waals surface area contributed by atoms with Gasteiger partial charge in [0.2, 0.25) is 0 Å². The molecule has 2 aromatic carbocycles. The molecule has 0 saturated carbocycles. The Morgan fingerprint density at radius 2 is 1.97 bits per heavy atom. The number of nitrogens with zero attached hydrogens (tertiary/aromatic N) is 3. The molecule has 4 rings (SSSR count). The SMILES string of the molecule is Cc1c(Br)cccc1COc1cc(OCc2cncc(C#N)c2)c2c(c1Cl)CCN(CC(=O)OCC(C)C)C2. The summed E-state index contributed by atoms with van der Waals surface area (Å²) in [5.74, 6) is 1.20. The molecule has 0 N–H and O–H groups in total. The fraction of sp³-hybridized carbons (Fsp3) is 0.367. The number of pyridine rings is 1. The van der Waals surface area contributed by atoms with Crippen LogP contribution in [0.2, 0.25) is 5.02 Å². The summed E-state index contributed by atoms with van der Waals surface area (Å²) in [7, 11) is 0. The number of fused-ring (bicyclic) bond motifs is 1. The largest absolute Gasteiger partial charge is 0.488 e. The smallest absolute Gasteiger partial charge is 0.320 e. The van der Waals surface area contributed by atoms with E-state index in [-0.39, 0.29) is 25.0 Å². The van der Waals surface area contributed by atoms with Crippen LogP contribution in [0.15, 0.2) is 47.2 Å². The summed E-state index contributed by atoms with van der Waals surface area (Å²) in [5.41, 5.74) is 5.26. The number of carbonyl (C=O) groups excluding carboxylic acids is 1. The summed E-state index contributed by atoms with van der Waals surface area (Å²) in [6, 6.07) is 11.7. The van der Waals surface area contributed by atoms with Gasteiger partial charge in [-0.2, -0.15) is 5.26 Å². The second kappa shape index (κ2) is 13.3. The molecule has 1 aliphatic rings. The van der Waals surface area contributed by atoms with Gasteiger partial charge in [0.1, 0.15) is 30.8 Å². The first kappa shape index (κ1) is 28.9. The first-order valence-electron chi connectivity index (χ1n) is 12.8. The summed E-state index contributed by atoms with van der Waals surface area (Å²) in [4.78, 5) is 18.6. The van der Waals surface area contributed by atoms with Crippen molar-refractivity contribution in [2.24, 2.45) is 5.92 Å². The third kappa shape index (κ3) is 7.51. The molecule has 0 unspecified atom stereocenters. The van der Waals surface area contributed by atoms with E-state index in [0.717, 1.165) is 32.3 Å². The lowest BCUT2D eigenvalue weighted by Crippen LogP contribution is -2.36. The Kier molecular flexibility index (Phi) is 9.84. The van der Waals surface area contributed by atoms with E-state index in [1.54, 1.807) is 12.3 Å². The summed E-state index contributed by atoms with van der Waals surface area (Å²) in [5, 5.41) is 9.78. The molecule has 39 heavy (non-hydrogen) atoms. The quantitative estimate of drug-likeness (QED) is 0.245. The normalized spacial score (nSPS) is 13.1. The zero-order valence-electron chi connectivity index (χ0n) is 22.3. The van der Waals surface area contributed by atoms with Gasteiger partial charge in [0.15, 0.2) is 0 Å². The van der Waals surface area contributed by atoms with Gasteiger partial charge >= 0.3 is 5.97 Å². The lowest BCUT2D eigenvalue weighted by Gasteiger charge is -2.30. The Balaban J connectivity index is 1.59. The van der Waals surface area contributed by atoms with Crippen LogP contribution in [0.3, 0.4) is 0 Å². The van der Waals surface area contributed by atoms with Crippen LogP contribution in [-0.2, 0) is 35.7 Å². The standard InChI is InChI=1S/C30H31BrClN3O4/c1-19(2)16-39-29(36)15-35-8-7-24-25(14-35)27(37-17-22-9-21(11-33)12-34-13-22)10-28(30(24)32)38-18-23-5-4-6-26(31)20(23)3/h4-6,9-10,12-13,19H,7-8,14-18H2,1-3H3. The molecule has 1 aliphatic heterocycles. The van der Waals surface area contributed by atoms with E-state index >= 15 is 0 Å². The van der Waals surface area contributed by atoms with Crippen LogP contribution < -0.4 is 9.47 Å². The third-order valence-electron chi connectivity index (χ3n) is 6.48. The molecule has 204 valence electrons. The zero-order valence-corrected chi connectivity index (χ0v) is 24.6. The van der Waals surface area contributed by atoms with Crippen LogP contribution in [0.25, 0.3) is 0 Å². The average molecular weight is 613 g/mol. The van der Waals surface area contributed by atoms with Gasteiger partial charge in [0, 0.05) is 47.1 Å². The van der Waals surface area contributed by atoms with E-state index in [4.69, 9.17) is 25.8 Å². The number of aromatic nitrogens is 1. The van der Waals surface area contributed by atoms with Crippen molar-refractivity contribution in [1.29, 1.82) is 5.26 Å². The van der Waals surface area contributed by atoms with Crippen LogP contribution >= 0.6 is 27.5 Å². The molecule has 0 aliphatic carbocycles. The molecule has 0 atom stereocenters. The fourth-order valence-corrected chi connectivity index (χ4v) is 5.04. The fourth-order valence-electron chi connectivity index (χ4n) is 4.32. The van der Waals surface area contributed by atoms with Crippen LogP contribution in [0, 0.1) is 24.2 Å². The number of hydrogen-bond donors (Lipinski definition) is 0. The van der Waals surface area contributed by atoms with Gasteiger partial charge in [-0.25, -0.2) is 0 Å². The number of ether oxygens (including phenoxy) is 3. The molecule has 0 saturated heterocycles. The van der Waals surface area contributed by atoms with Crippen molar-refractivity contribution in [3.63, 3.8) is 0 Å². The van der Waals surface area contributed by atoms with Gasteiger partial charge in [-0.1, -0.05) is 53.5 Å². The maximum atomic E-state index is 12.4. The summed E-state index contributed by atoms with van der Waals surface area (Å²) >= 11 is 10.5. The van der Waals surface area contributed by atoms with Gasteiger partial charge < -0.3 is 14.2 Å². The number of esters is 1. The number of hydrogen-bond acceptors (Lipinski definition) is 7. The van der Waals surface area contributed by atoms with Crippen molar-refractivity contribution in [1.82, 2.24) is 9.88 Å². The van der Waals surface area contributed by atoms with Crippen molar-refractivity contribution in [3.8, 4) is 17.6 Å². The minimum atomic E-state index is -0.246. The highest BCUT2D eigenvalue weighted by Gasteiger charge is 2.27. The molecular formula is C30H31BrClN3O4. The van der Waals surface area contributed by atoms with E-state index in [2.05, 4.69) is 27.0 Å². The predicted molar refractivity (Wildman–Crippen MR) is 153 cm³/mol. The molecule has 9 heteroatoms. The zero-order chi connectivity index (χ0) is 27.9. The highest BCUT2D eigenvalue weighted by molar-refractivity contribution is 9.10. The first-order valence-corrected chi connectivity index (χ1v) is 14.0. The first-order chi connectivity index (χ1) is 18.7. The van der Waals surface area contributed by atoms with Gasteiger partial charge in [-0.15, -0.1) is 0 Å². The molecule has 0 fully saturated rings. The van der Waals surface area contributed by atoms with E-state index in [0.29, 0.717) is 54.8 Å². The van der Waals surface area contributed by atoms with E-state index in [1.165, 1.54) is 6.20 Å². The average Bonchev–Trinajstić information content (AvgIpc) is 2.93. The van der Waals surface area contributed by atoms with Crippen LogP contribution in [0.1, 0.15) is 47.2 Å². The Morgan fingerprint density at radius 1 is 1.18 bits per heavy atom. The molecule has 0 amide bonds. The van der Waals surface area contributed by atoms with Crippen LogP contribution in [-0.4, -0.2) is 35.5 Å². The minimum absolute atomic E-state index is 0.192. The maximum absolute atomic E-state index is 12.4. The Labute approximate surface area is 242 Å². The molecule has 0 spiro atoms. The lowest BCUT2D eigenvalue weighted by atomic mass is 9.98. The molecule has 3 aromatic rings. The topological polar surface area (TPSA) is 84.7 Å². The lowest BCUT2D eigenvalue weighted by molar-refractivity contribution is -0.146. The van der Waals surface area contributed by atoms with E-state index in [9.17, 15) is 10.1 Å². The van der Waals surface area contributed by atoms with Gasteiger partial charge in [0.05, 0.1) is 23.7 Å². The van der Waals surface area contributed by atoms with Crippen molar-refractivity contribution in [2.45, 2.75) is 47.0 Å². The molecule has 0 radical (unpaired) electrons. The third-order valence-corrected chi connectivity index (χ3v) is 7.75. The van der Waals surface area contributed by atoms with Crippen molar-refractivity contribution < 1.29 is 19.0 Å². The second-order valence-electron chi connectivity index (χ2n) is 9.98.